The van der Waals surface area contributed by atoms with Gasteiger partial charge in [0.05, 0.1) is 18.4 Å². The van der Waals surface area contributed by atoms with E-state index >= 15 is 0 Å². The summed E-state index contributed by atoms with van der Waals surface area (Å²) < 4.78 is 50.5. The molecule has 32 heavy (non-hydrogen) atoms. The molecule has 3 atom stereocenters. The smallest absolute Gasteiger partial charge is 0.307 e. The fourth-order valence-electron chi connectivity index (χ4n) is 3.78. The summed E-state index contributed by atoms with van der Waals surface area (Å²) in [6.45, 7) is 5.46. The number of nitrogens with zero attached hydrogens (tertiary/aromatic N) is 2. The second-order valence-corrected chi connectivity index (χ2v) is 10.9. The van der Waals surface area contributed by atoms with Crippen LogP contribution >= 0.6 is 0 Å². The predicted molar refractivity (Wildman–Crippen MR) is 111 cm³/mol. The number of rotatable bonds is 9. The number of carbonyl (C=O) groups excluding carboxylic acids is 1. The molecule has 1 saturated carbocycles. The van der Waals surface area contributed by atoms with Gasteiger partial charge in [0.2, 0.25) is 15.9 Å². The van der Waals surface area contributed by atoms with Gasteiger partial charge in [-0.05, 0) is 50.7 Å². The molecule has 0 amide bonds. The third-order valence-corrected chi connectivity index (χ3v) is 7.24. The van der Waals surface area contributed by atoms with Crippen molar-refractivity contribution in [1.82, 2.24) is 9.29 Å². The average molecular weight is 471 g/mol. The lowest BCUT2D eigenvalue weighted by molar-refractivity contribution is -0.154. The summed E-state index contributed by atoms with van der Waals surface area (Å²) >= 11 is 0. The van der Waals surface area contributed by atoms with Crippen molar-refractivity contribution in [2.75, 3.05) is 19.7 Å². The number of carboxylic acid groups (broad SMARTS) is 1. The molecular weight excluding hydrogens is 443 g/mol. The number of carbonyl (C=O) groups is 2. The molecule has 1 aromatic rings. The SMILES string of the molecule is CC(C)(C)OC(=O)CCC(=CF)COc1ccc(S(=O)(=O)N2C[C@@H]3C(C(=O)O)[C@@H]3C2)cn1. The highest BCUT2D eigenvalue weighted by atomic mass is 32.2. The highest BCUT2D eigenvalue weighted by Crippen LogP contribution is 2.52. The molecule has 2 aliphatic rings. The quantitative estimate of drug-likeness (QED) is 0.546. The van der Waals surface area contributed by atoms with Gasteiger partial charge in [0.1, 0.15) is 17.1 Å². The first kappa shape index (κ1) is 24.1. The number of halogens is 1. The Labute approximate surface area is 186 Å². The van der Waals surface area contributed by atoms with Crippen molar-refractivity contribution in [1.29, 1.82) is 0 Å². The average Bonchev–Trinajstić information content (AvgIpc) is 3.21. The van der Waals surface area contributed by atoms with Crippen molar-refractivity contribution in [2.45, 2.75) is 44.1 Å². The number of hydrogen-bond acceptors (Lipinski definition) is 7. The van der Waals surface area contributed by atoms with Gasteiger partial charge in [0.15, 0.2) is 0 Å². The Kier molecular flexibility index (Phi) is 6.89. The van der Waals surface area contributed by atoms with Crippen molar-refractivity contribution < 1.29 is 37.0 Å². The van der Waals surface area contributed by atoms with Crippen molar-refractivity contribution in [2.24, 2.45) is 17.8 Å². The van der Waals surface area contributed by atoms with E-state index in [0.717, 1.165) is 6.20 Å². The lowest BCUT2D eigenvalue weighted by Gasteiger charge is -2.19. The number of aromatic nitrogens is 1. The number of ether oxygens (including phenoxy) is 2. The first-order chi connectivity index (χ1) is 14.9. The number of sulfonamides is 1. The van der Waals surface area contributed by atoms with Crippen LogP contribution in [0.2, 0.25) is 0 Å². The van der Waals surface area contributed by atoms with Crippen molar-refractivity contribution in [3.63, 3.8) is 0 Å². The molecule has 1 aliphatic carbocycles. The van der Waals surface area contributed by atoms with Crippen molar-refractivity contribution in [3.05, 3.63) is 30.2 Å². The first-order valence-corrected chi connectivity index (χ1v) is 11.7. The number of piperidine rings is 1. The van der Waals surface area contributed by atoms with Gasteiger partial charge < -0.3 is 14.6 Å². The molecule has 11 heteroatoms. The molecule has 0 bridgehead atoms. The van der Waals surface area contributed by atoms with Crippen LogP contribution in [0.3, 0.4) is 0 Å². The Morgan fingerprint density at radius 2 is 1.91 bits per heavy atom. The van der Waals surface area contributed by atoms with Crippen LogP contribution < -0.4 is 4.74 Å². The summed E-state index contributed by atoms with van der Waals surface area (Å²) in [7, 11) is -3.78. The summed E-state index contributed by atoms with van der Waals surface area (Å²) in [4.78, 5) is 26.8. The van der Waals surface area contributed by atoms with Gasteiger partial charge in [-0.15, -0.1) is 0 Å². The van der Waals surface area contributed by atoms with Gasteiger partial charge in [-0.3, -0.25) is 9.59 Å². The number of aliphatic carboxylic acids is 1. The van der Waals surface area contributed by atoms with Crippen LogP contribution in [0.15, 0.2) is 35.1 Å². The molecule has 1 N–H and O–H groups in total. The molecule has 176 valence electrons. The molecule has 0 spiro atoms. The van der Waals surface area contributed by atoms with Crippen LogP contribution in [0.1, 0.15) is 33.6 Å². The molecule has 1 unspecified atom stereocenters. The van der Waals surface area contributed by atoms with E-state index < -0.39 is 33.5 Å². The van der Waals surface area contributed by atoms with E-state index in [0.29, 0.717) is 6.33 Å². The van der Waals surface area contributed by atoms with Crippen molar-refractivity contribution >= 4 is 22.0 Å². The largest absolute Gasteiger partial charge is 0.481 e. The van der Waals surface area contributed by atoms with Gasteiger partial charge >= 0.3 is 11.9 Å². The summed E-state index contributed by atoms with van der Waals surface area (Å²) in [5.41, 5.74) is -0.384. The van der Waals surface area contributed by atoms with Crippen LogP contribution in [-0.2, 0) is 24.3 Å². The van der Waals surface area contributed by atoms with E-state index in [2.05, 4.69) is 4.98 Å². The topological polar surface area (TPSA) is 123 Å². The molecule has 3 rings (SSSR count). The zero-order chi connectivity index (χ0) is 23.7. The molecular formula is C21H27FN2O7S. The highest BCUT2D eigenvalue weighted by Gasteiger charge is 2.61. The number of fused-ring (bicyclic) bond motifs is 1. The van der Waals surface area contributed by atoms with Gasteiger partial charge in [-0.1, -0.05) is 0 Å². The van der Waals surface area contributed by atoms with Crippen LogP contribution in [0.25, 0.3) is 0 Å². The maximum Gasteiger partial charge on any atom is 0.307 e. The normalized spacial score (nSPS) is 23.5. The molecule has 1 aromatic heterocycles. The predicted octanol–water partition coefficient (Wildman–Crippen LogP) is 2.39. The zero-order valence-electron chi connectivity index (χ0n) is 18.2. The molecule has 0 radical (unpaired) electrons. The van der Waals surface area contributed by atoms with Crippen LogP contribution in [0.5, 0.6) is 5.88 Å². The first-order valence-electron chi connectivity index (χ1n) is 10.2. The summed E-state index contributed by atoms with van der Waals surface area (Å²) in [5.74, 6) is -1.94. The highest BCUT2D eigenvalue weighted by molar-refractivity contribution is 7.89. The Balaban J connectivity index is 1.50. The third-order valence-electron chi connectivity index (χ3n) is 5.42. The van der Waals surface area contributed by atoms with Gasteiger partial charge in [-0.25, -0.2) is 17.8 Å². The third kappa shape index (κ3) is 5.63. The molecule has 1 aliphatic heterocycles. The van der Waals surface area contributed by atoms with Crippen molar-refractivity contribution in [3.8, 4) is 5.88 Å². The van der Waals surface area contributed by atoms with E-state index in [1.807, 2.05) is 0 Å². The minimum atomic E-state index is -3.78. The summed E-state index contributed by atoms with van der Waals surface area (Å²) in [6, 6.07) is 2.71. The van der Waals surface area contributed by atoms with Crippen LogP contribution in [0.4, 0.5) is 4.39 Å². The molecule has 9 nitrogen and oxygen atoms in total. The Hall–Kier alpha value is -2.53. The maximum absolute atomic E-state index is 13.1. The van der Waals surface area contributed by atoms with Crippen LogP contribution in [-0.4, -0.2) is 60.0 Å². The second kappa shape index (κ2) is 9.14. The standard InChI is InChI=1S/C21H27FN2O7S/c1-21(2,3)31-18(25)7-4-13(8-22)12-30-17-6-5-14(9-23-17)32(28,29)24-10-15-16(11-24)19(15)20(26)27/h5-6,8-9,15-16,19H,4,7,10-12H2,1-3H3,(H,26,27)/t15-,16+,19?. The molecule has 2 heterocycles. The lowest BCUT2D eigenvalue weighted by atomic mass is 10.1. The zero-order valence-corrected chi connectivity index (χ0v) is 19.0. The minimum absolute atomic E-state index is 0.00154. The Bertz CT molecular complexity index is 990. The Morgan fingerprint density at radius 3 is 2.41 bits per heavy atom. The number of hydrogen-bond donors (Lipinski definition) is 1. The number of pyridine rings is 1. The fourth-order valence-corrected chi connectivity index (χ4v) is 5.24. The lowest BCUT2D eigenvalue weighted by Crippen LogP contribution is -2.32. The minimum Gasteiger partial charge on any atom is -0.481 e. The van der Waals surface area contributed by atoms with Gasteiger partial charge in [0.25, 0.3) is 0 Å². The summed E-state index contributed by atoms with van der Waals surface area (Å²) in [5, 5.41) is 9.07. The van der Waals surface area contributed by atoms with E-state index in [1.54, 1.807) is 20.8 Å². The number of carboxylic acids is 1. The van der Waals surface area contributed by atoms with E-state index in [9.17, 15) is 22.4 Å². The maximum atomic E-state index is 13.1. The fraction of sp³-hybridized carbons (Fsp3) is 0.571. The second-order valence-electron chi connectivity index (χ2n) is 8.99. The van der Waals surface area contributed by atoms with Gasteiger partial charge in [-0.2, -0.15) is 4.31 Å². The van der Waals surface area contributed by atoms with E-state index in [-0.39, 0.29) is 60.7 Å². The van der Waals surface area contributed by atoms with Gasteiger partial charge in [0, 0.05) is 25.6 Å². The molecule has 1 saturated heterocycles. The van der Waals surface area contributed by atoms with Crippen LogP contribution in [0, 0.1) is 17.8 Å². The molecule has 0 aromatic carbocycles. The summed E-state index contributed by atoms with van der Waals surface area (Å²) in [6.07, 6.45) is 1.64. The van der Waals surface area contributed by atoms with E-state index in [1.165, 1.54) is 16.4 Å². The monoisotopic (exact) mass is 470 g/mol. The Morgan fingerprint density at radius 1 is 1.25 bits per heavy atom. The number of esters is 1. The van der Waals surface area contributed by atoms with E-state index in [4.69, 9.17) is 14.6 Å². The molecule has 2 fully saturated rings.